The Balaban J connectivity index is 1.94. The third-order valence-corrected chi connectivity index (χ3v) is 5.07. The fraction of sp³-hybridized carbons (Fsp3) is 0.476. The van der Waals surface area contributed by atoms with E-state index in [9.17, 15) is 19.5 Å². The molecular formula is C21H24NO6-. The van der Waals surface area contributed by atoms with Gasteiger partial charge < -0.3 is 24.4 Å². The van der Waals surface area contributed by atoms with Crippen LogP contribution in [-0.4, -0.2) is 24.0 Å². The fourth-order valence-electron chi connectivity index (χ4n) is 3.61. The molecule has 2 aromatic rings. The quantitative estimate of drug-likeness (QED) is 0.749. The molecule has 0 fully saturated rings. The summed E-state index contributed by atoms with van der Waals surface area (Å²) in [4.78, 5) is 35.9. The lowest BCUT2D eigenvalue weighted by atomic mass is 10.0. The maximum atomic E-state index is 12.5. The van der Waals surface area contributed by atoms with E-state index in [4.69, 9.17) is 9.15 Å². The maximum absolute atomic E-state index is 12.5. The van der Waals surface area contributed by atoms with Crippen molar-refractivity contribution >= 4 is 22.8 Å². The number of carbonyl (C=O) groups is 2. The van der Waals surface area contributed by atoms with Gasteiger partial charge in [0, 0.05) is 5.56 Å². The summed E-state index contributed by atoms with van der Waals surface area (Å²) in [6.45, 7) is 6.77. The molecule has 1 aromatic carbocycles. The van der Waals surface area contributed by atoms with Gasteiger partial charge in [-0.1, -0.05) is 13.8 Å². The molecule has 150 valence electrons. The SMILES string of the molecule is Cc1cc(O[C@H](C)C(=O)N[C@H](C(=O)[O-])C(C)C)c2c3c(c(=O)oc2c1)CCC3. The topological polar surface area (TPSA) is 109 Å². The van der Waals surface area contributed by atoms with Gasteiger partial charge in [0.05, 0.1) is 17.4 Å². The highest BCUT2D eigenvalue weighted by atomic mass is 16.5. The Morgan fingerprint density at radius 1 is 1.18 bits per heavy atom. The third-order valence-electron chi connectivity index (χ3n) is 5.07. The summed E-state index contributed by atoms with van der Waals surface area (Å²) in [7, 11) is 0. The first-order valence-electron chi connectivity index (χ1n) is 9.46. The lowest BCUT2D eigenvalue weighted by Crippen LogP contribution is -2.53. The largest absolute Gasteiger partial charge is 0.548 e. The van der Waals surface area contributed by atoms with Crippen molar-refractivity contribution in [3.8, 4) is 5.75 Å². The number of aliphatic carboxylic acids is 1. The number of benzene rings is 1. The first kappa shape index (κ1) is 19.9. The minimum Gasteiger partial charge on any atom is -0.548 e. The van der Waals surface area contributed by atoms with Crippen molar-refractivity contribution in [2.45, 2.75) is 59.1 Å². The van der Waals surface area contributed by atoms with E-state index in [1.165, 1.54) is 0 Å². The van der Waals surface area contributed by atoms with Crippen LogP contribution in [0.1, 0.15) is 43.9 Å². The number of hydrogen-bond donors (Lipinski definition) is 1. The normalized spacial score (nSPS) is 15.3. The number of carbonyl (C=O) groups excluding carboxylic acids is 2. The lowest BCUT2D eigenvalue weighted by Gasteiger charge is -2.25. The van der Waals surface area contributed by atoms with Gasteiger partial charge in [0.2, 0.25) is 0 Å². The average Bonchev–Trinajstić information content (AvgIpc) is 3.08. The van der Waals surface area contributed by atoms with Gasteiger partial charge in [-0.05, 0) is 62.3 Å². The summed E-state index contributed by atoms with van der Waals surface area (Å²) in [5, 5.41) is 14.4. The van der Waals surface area contributed by atoms with E-state index >= 15 is 0 Å². The van der Waals surface area contributed by atoms with E-state index in [0.29, 0.717) is 28.7 Å². The molecule has 1 heterocycles. The van der Waals surface area contributed by atoms with Crippen LogP contribution in [0.3, 0.4) is 0 Å². The highest BCUT2D eigenvalue weighted by Crippen LogP contribution is 2.35. The number of amides is 1. The Morgan fingerprint density at radius 3 is 2.50 bits per heavy atom. The zero-order valence-corrected chi connectivity index (χ0v) is 16.5. The number of nitrogens with one attached hydrogen (secondary N) is 1. The number of carboxylic acids is 1. The number of fused-ring (bicyclic) bond motifs is 3. The second-order valence-corrected chi connectivity index (χ2v) is 7.65. The predicted molar refractivity (Wildman–Crippen MR) is 101 cm³/mol. The molecule has 0 spiro atoms. The molecule has 0 bridgehead atoms. The molecule has 2 atom stereocenters. The van der Waals surface area contributed by atoms with Crippen LogP contribution >= 0.6 is 0 Å². The van der Waals surface area contributed by atoms with Crippen molar-refractivity contribution in [1.82, 2.24) is 5.32 Å². The van der Waals surface area contributed by atoms with E-state index in [2.05, 4.69) is 5.32 Å². The minimum atomic E-state index is -1.34. The van der Waals surface area contributed by atoms with Crippen LogP contribution < -0.4 is 20.8 Å². The second-order valence-electron chi connectivity index (χ2n) is 7.65. The van der Waals surface area contributed by atoms with E-state index in [0.717, 1.165) is 24.0 Å². The molecule has 1 aliphatic rings. The third kappa shape index (κ3) is 3.74. The summed E-state index contributed by atoms with van der Waals surface area (Å²) in [5.74, 6) is -1.75. The number of aryl methyl sites for hydroxylation is 2. The minimum absolute atomic E-state index is 0.321. The molecule has 0 aliphatic heterocycles. The van der Waals surface area contributed by atoms with Crippen LogP contribution in [0, 0.1) is 12.8 Å². The number of rotatable bonds is 6. The van der Waals surface area contributed by atoms with Gasteiger partial charge in [-0.15, -0.1) is 0 Å². The highest BCUT2D eigenvalue weighted by Gasteiger charge is 2.26. The molecular weight excluding hydrogens is 362 g/mol. The van der Waals surface area contributed by atoms with Crippen LogP contribution in [0.5, 0.6) is 5.75 Å². The Hall–Kier alpha value is -2.83. The van der Waals surface area contributed by atoms with Gasteiger partial charge in [0.15, 0.2) is 6.10 Å². The summed E-state index contributed by atoms with van der Waals surface area (Å²) < 4.78 is 11.4. The van der Waals surface area contributed by atoms with Crippen molar-refractivity contribution in [2.24, 2.45) is 5.92 Å². The molecule has 0 unspecified atom stereocenters. The molecule has 7 heteroatoms. The van der Waals surface area contributed by atoms with Crippen LogP contribution in [0.2, 0.25) is 0 Å². The van der Waals surface area contributed by atoms with Crippen molar-refractivity contribution in [3.63, 3.8) is 0 Å². The van der Waals surface area contributed by atoms with Crippen LogP contribution in [0.4, 0.5) is 0 Å². The Morgan fingerprint density at radius 2 is 1.86 bits per heavy atom. The molecule has 3 rings (SSSR count). The molecule has 1 amide bonds. The van der Waals surface area contributed by atoms with Gasteiger partial charge in [0.25, 0.3) is 5.91 Å². The molecule has 7 nitrogen and oxygen atoms in total. The monoisotopic (exact) mass is 386 g/mol. The van der Waals surface area contributed by atoms with Gasteiger partial charge in [0.1, 0.15) is 11.3 Å². The van der Waals surface area contributed by atoms with Gasteiger partial charge in [-0.25, -0.2) is 4.79 Å². The standard InChI is InChI=1S/C21H25NO6/c1-10(2)18(20(24)25)22-19(23)12(4)27-15-8-11(3)9-16-17(15)13-6-5-7-14(13)21(26)28-16/h8-10,12,18H,5-7H2,1-4H3,(H,22,23)(H,24,25)/p-1/t12-,18+/m1/s1. The van der Waals surface area contributed by atoms with Gasteiger partial charge in [-0.2, -0.15) is 0 Å². The molecule has 0 saturated heterocycles. The summed E-state index contributed by atoms with van der Waals surface area (Å²) in [5.41, 5.74) is 2.50. The van der Waals surface area contributed by atoms with E-state index in [1.807, 2.05) is 6.92 Å². The predicted octanol–water partition coefficient (Wildman–Crippen LogP) is 1.25. The first-order chi connectivity index (χ1) is 13.2. The Kier molecular flexibility index (Phi) is 5.45. The van der Waals surface area contributed by atoms with Crippen LogP contribution in [-0.2, 0) is 22.4 Å². The molecule has 0 saturated carbocycles. The molecule has 1 aromatic heterocycles. The fourth-order valence-corrected chi connectivity index (χ4v) is 3.61. The van der Waals surface area contributed by atoms with Crippen LogP contribution in [0.25, 0.3) is 11.0 Å². The zero-order chi connectivity index (χ0) is 20.6. The van der Waals surface area contributed by atoms with Gasteiger partial charge >= 0.3 is 5.63 Å². The van der Waals surface area contributed by atoms with Crippen molar-refractivity contribution in [1.29, 1.82) is 0 Å². The van der Waals surface area contributed by atoms with E-state index in [-0.39, 0.29) is 11.5 Å². The van der Waals surface area contributed by atoms with Crippen molar-refractivity contribution in [2.75, 3.05) is 0 Å². The smallest absolute Gasteiger partial charge is 0.339 e. The Bertz CT molecular complexity index is 991. The average molecular weight is 386 g/mol. The molecule has 0 radical (unpaired) electrons. The lowest BCUT2D eigenvalue weighted by molar-refractivity contribution is -0.309. The Labute approximate surface area is 162 Å². The van der Waals surface area contributed by atoms with Crippen LogP contribution in [0.15, 0.2) is 21.3 Å². The number of ether oxygens (including phenoxy) is 1. The van der Waals surface area contributed by atoms with Gasteiger partial charge in [-0.3, -0.25) is 4.79 Å². The summed E-state index contributed by atoms with van der Waals surface area (Å²) in [6, 6.07) is 2.47. The number of hydrogen-bond acceptors (Lipinski definition) is 6. The zero-order valence-electron chi connectivity index (χ0n) is 16.5. The summed E-state index contributed by atoms with van der Waals surface area (Å²) in [6.07, 6.45) is 1.34. The summed E-state index contributed by atoms with van der Waals surface area (Å²) >= 11 is 0. The molecule has 1 aliphatic carbocycles. The van der Waals surface area contributed by atoms with E-state index < -0.39 is 24.0 Å². The highest BCUT2D eigenvalue weighted by molar-refractivity contribution is 5.90. The first-order valence-corrected chi connectivity index (χ1v) is 9.46. The van der Waals surface area contributed by atoms with Crippen molar-refractivity contribution in [3.05, 3.63) is 39.2 Å². The molecule has 28 heavy (non-hydrogen) atoms. The van der Waals surface area contributed by atoms with E-state index in [1.54, 1.807) is 32.9 Å². The second kappa shape index (κ2) is 7.66. The van der Waals surface area contributed by atoms with Crippen molar-refractivity contribution < 1.29 is 23.8 Å². The maximum Gasteiger partial charge on any atom is 0.339 e. The number of carboxylic acid groups (broad SMARTS) is 1. The molecule has 1 N–H and O–H groups in total.